The van der Waals surface area contributed by atoms with Gasteiger partial charge in [-0.1, -0.05) is 0 Å². The highest BCUT2D eigenvalue weighted by Crippen LogP contribution is 2.47. The van der Waals surface area contributed by atoms with Crippen molar-refractivity contribution >= 4 is 11.9 Å². The van der Waals surface area contributed by atoms with Crippen LogP contribution in [0.15, 0.2) is 0 Å². The lowest BCUT2D eigenvalue weighted by atomic mass is 9.81. The molecule has 0 aliphatic carbocycles. The molecule has 15 heavy (non-hydrogen) atoms. The highest BCUT2D eigenvalue weighted by atomic mass is 16.6. The first-order chi connectivity index (χ1) is 7.09. The average Bonchev–Trinajstić information content (AvgIpc) is 2.76. The number of aliphatic carboxylic acids is 1. The van der Waals surface area contributed by atoms with Gasteiger partial charge < -0.3 is 14.6 Å². The minimum Gasteiger partial charge on any atom is -0.481 e. The van der Waals surface area contributed by atoms with Crippen molar-refractivity contribution in [3.05, 3.63) is 0 Å². The predicted octanol–water partition coefficient (Wildman–Crippen LogP) is 0.572. The number of hydrogen-bond acceptors (Lipinski definition) is 4. The number of rotatable bonds is 3. The normalized spacial score (nSPS) is 37.9. The third-order valence-electron chi connectivity index (χ3n) is 3.17. The second kappa shape index (κ2) is 3.48. The monoisotopic (exact) mass is 214 g/mol. The Labute approximate surface area is 87.4 Å². The molecule has 0 aromatic rings. The van der Waals surface area contributed by atoms with E-state index in [1.165, 1.54) is 0 Å². The molecule has 3 atom stereocenters. The summed E-state index contributed by atoms with van der Waals surface area (Å²) in [6, 6.07) is 0. The number of carbonyl (C=O) groups excluding carboxylic acids is 1. The third-order valence-corrected chi connectivity index (χ3v) is 3.17. The van der Waals surface area contributed by atoms with Crippen LogP contribution in [0.3, 0.4) is 0 Å². The van der Waals surface area contributed by atoms with Crippen molar-refractivity contribution in [2.24, 2.45) is 5.92 Å². The number of ether oxygens (including phenoxy) is 2. The molecular formula is C10H14O5. The van der Waals surface area contributed by atoms with Gasteiger partial charge in [0.2, 0.25) is 0 Å². The van der Waals surface area contributed by atoms with E-state index in [4.69, 9.17) is 14.6 Å². The van der Waals surface area contributed by atoms with Crippen molar-refractivity contribution in [1.82, 2.24) is 0 Å². The van der Waals surface area contributed by atoms with Crippen LogP contribution in [0.5, 0.6) is 0 Å². The molecule has 1 N–H and O–H groups in total. The van der Waals surface area contributed by atoms with Gasteiger partial charge in [-0.05, 0) is 19.8 Å². The van der Waals surface area contributed by atoms with E-state index in [0.717, 1.165) is 0 Å². The first-order valence-corrected chi connectivity index (χ1v) is 5.17. The summed E-state index contributed by atoms with van der Waals surface area (Å²) in [4.78, 5) is 22.5. The zero-order valence-electron chi connectivity index (χ0n) is 8.56. The maximum Gasteiger partial charge on any atom is 0.338 e. The lowest BCUT2D eigenvalue weighted by Crippen LogP contribution is -2.39. The minimum absolute atomic E-state index is 0.256. The van der Waals surface area contributed by atoms with Crippen LogP contribution in [-0.2, 0) is 19.1 Å². The van der Waals surface area contributed by atoms with Gasteiger partial charge in [-0.2, -0.15) is 0 Å². The van der Waals surface area contributed by atoms with E-state index in [1.807, 2.05) is 0 Å². The van der Waals surface area contributed by atoms with Crippen molar-refractivity contribution in [2.45, 2.75) is 37.9 Å². The van der Waals surface area contributed by atoms with Crippen LogP contribution in [0.2, 0.25) is 0 Å². The number of esters is 1. The van der Waals surface area contributed by atoms with Gasteiger partial charge in [0.25, 0.3) is 0 Å². The SMILES string of the molecule is CCOC(=O)C12CCC(O1)C(C(=O)O)C2. The topological polar surface area (TPSA) is 72.8 Å². The van der Waals surface area contributed by atoms with Crippen LogP contribution >= 0.6 is 0 Å². The molecule has 0 saturated carbocycles. The van der Waals surface area contributed by atoms with E-state index in [0.29, 0.717) is 19.4 Å². The lowest BCUT2D eigenvalue weighted by Gasteiger charge is -2.22. The van der Waals surface area contributed by atoms with Crippen LogP contribution in [0, 0.1) is 5.92 Å². The fourth-order valence-electron chi connectivity index (χ4n) is 2.45. The van der Waals surface area contributed by atoms with Gasteiger partial charge >= 0.3 is 11.9 Å². The molecule has 0 amide bonds. The summed E-state index contributed by atoms with van der Waals surface area (Å²) >= 11 is 0. The first-order valence-electron chi connectivity index (χ1n) is 5.17. The molecule has 2 aliphatic rings. The molecule has 2 heterocycles. The Bertz CT molecular complexity index is 300. The van der Waals surface area contributed by atoms with Gasteiger partial charge in [0.1, 0.15) is 0 Å². The Hall–Kier alpha value is -1.10. The van der Waals surface area contributed by atoms with Crippen molar-refractivity contribution in [1.29, 1.82) is 0 Å². The molecule has 2 fully saturated rings. The molecular weight excluding hydrogens is 200 g/mol. The van der Waals surface area contributed by atoms with Gasteiger partial charge in [0.05, 0.1) is 18.6 Å². The molecule has 84 valence electrons. The van der Waals surface area contributed by atoms with Crippen molar-refractivity contribution in [3.8, 4) is 0 Å². The number of carboxylic acids is 1. The quantitative estimate of drug-likeness (QED) is 0.695. The largest absolute Gasteiger partial charge is 0.481 e. The van der Waals surface area contributed by atoms with Crippen molar-refractivity contribution in [3.63, 3.8) is 0 Å². The number of carboxylic acid groups (broad SMARTS) is 1. The Morgan fingerprint density at radius 3 is 2.87 bits per heavy atom. The molecule has 2 bridgehead atoms. The fourth-order valence-corrected chi connectivity index (χ4v) is 2.45. The second-order valence-electron chi connectivity index (χ2n) is 4.06. The summed E-state index contributed by atoms with van der Waals surface area (Å²) in [5.41, 5.74) is -0.969. The fraction of sp³-hybridized carbons (Fsp3) is 0.800. The Morgan fingerprint density at radius 2 is 2.33 bits per heavy atom. The molecule has 2 saturated heterocycles. The van der Waals surface area contributed by atoms with E-state index in [1.54, 1.807) is 6.92 Å². The summed E-state index contributed by atoms with van der Waals surface area (Å²) in [6.07, 6.45) is 1.16. The molecule has 5 heteroatoms. The van der Waals surface area contributed by atoms with E-state index in [9.17, 15) is 9.59 Å². The van der Waals surface area contributed by atoms with Crippen LogP contribution in [0.4, 0.5) is 0 Å². The summed E-state index contributed by atoms with van der Waals surface area (Å²) in [7, 11) is 0. The van der Waals surface area contributed by atoms with E-state index < -0.39 is 23.5 Å². The van der Waals surface area contributed by atoms with Crippen LogP contribution in [0.25, 0.3) is 0 Å². The first kappa shape index (κ1) is 10.4. The van der Waals surface area contributed by atoms with E-state index in [-0.39, 0.29) is 12.5 Å². The highest BCUT2D eigenvalue weighted by Gasteiger charge is 2.59. The molecule has 5 nitrogen and oxygen atoms in total. The van der Waals surface area contributed by atoms with Gasteiger partial charge in [-0.3, -0.25) is 4.79 Å². The number of fused-ring (bicyclic) bond motifs is 2. The van der Waals surface area contributed by atoms with Crippen LogP contribution in [-0.4, -0.2) is 35.4 Å². The van der Waals surface area contributed by atoms with Gasteiger partial charge in [-0.25, -0.2) is 4.79 Å². The molecule has 0 spiro atoms. The smallest absolute Gasteiger partial charge is 0.338 e. The van der Waals surface area contributed by atoms with E-state index in [2.05, 4.69) is 0 Å². The predicted molar refractivity (Wildman–Crippen MR) is 49.2 cm³/mol. The zero-order valence-corrected chi connectivity index (χ0v) is 8.56. The number of carbonyl (C=O) groups is 2. The summed E-state index contributed by atoms with van der Waals surface area (Å²) < 4.78 is 10.4. The lowest BCUT2D eigenvalue weighted by molar-refractivity contribution is -0.164. The van der Waals surface area contributed by atoms with Crippen molar-refractivity contribution < 1.29 is 24.2 Å². The molecule has 3 unspecified atom stereocenters. The molecule has 0 aromatic heterocycles. The molecule has 0 aromatic carbocycles. The van der Waals surface area contributed by atoms with Crippen LogP contribution in [0.1, 0.15) is 26.2 Å². The maximum atomic E-state index is 11.7. The highest BCUT2D eigenvalue weighted by molar-refractivity contribution is 5.83. The summed E-state index contributed by atoms with van der Waals surface area (Å²) in [5, 5.41) is 8.93. The summed E-state index contributed by atoms with van der Waals surface area (Å²) in [6.45, 7) is 2.02. The van der Waals surface area contributed by atoms with Gasteiger partial charge in [0, 0.05) is 6.42 Å². The minimum atomic E-state index is -0.969. The molecule has 2 rings (SSSR count). The second-order valence-corrected chi connectivity index (χ2v) is 4.06. The summed E-state index contributed by atoms with van der Waals surface area (Å²) in [5.74, 6) is -1.84. The molecule has 0 radical (unpaired) electrons. The number of hydrogen-bond donors (Lipinski definition) is 1. The Balaban J connectivity index is 2.12. The Morgan fingerprint density at radius 1 is 1.60 bits per heavy atom. The van der Waals surface area contributed by atoms with Crippen LogP contribution < -0.4 is 0 Å². The van der Waals surface area contributed by atoms with Gasteiger partial charge in [0.15, 0.2) is 5.60 Å². The Kier molecular flexibility index (Phi) is 2.42. The molecule has 2 aliphatic heterocycles. The van der Waals surface area contributed by atoms with E-state index >= 15 is 0 Å². The standard InChI is InChI=1S/C10H14O5/c1-2-14-9(13)10-4-3-7(15-10)6(5-10)8(11)12/h6-7H,2-5H2,1H3,(H,11,12). The zero-order chi connectivity index (χ0) is 11.1. The van der Waals surface area contributed by atoms with Crippen molar-refractivity contribution in [2.75, 3.05) is 6.61 Å². The van der Waals surface area contributed by atoms with Gasteiger partial charge in [-0.15, -0.1) is 0 Å². The maximum absolute atomic E-state index is 11.7. The third kappa shape index (κ3) is 1.51. The average molecular weight is 214 g/mol.